The molecular weight excluding hydrogens is 386 g/mol. The largest absolute Gasteiger partial charge is 0.366 e. The van der Waals surface area contributed by atoms with Crippen LogP contribution in [0.1, 0.15) is 33.6 Å². The molecule has 7 nitrogen and oxygen atoms in total. The van der Waals surface area contributed by atoms with Gasteiger partial charge in [0.1, 0.15) is 17.0 Å². The number of carbonyl (C=O) groups excluding carboxylic acids is 2. The summed E-state index contributed by atoms with van der Waals surface area (Å²) in [6.45, 7) is 5.78. The summed E-state index contributed by atoms with van der Waals surface area (Å²) in [4.78, 5) is 37.3. The number of hydrogen-bond donors (Lipinski definition) is 2. The van der Waals surface area contributed by atoms with Crippen molar-refractivity contribution in [2.24, 2.45) is 11.7 Å². The van der Waals surface area contributed by atoms with Crippen LogP contribution >= 0.6 is 11.3 Å². The summed E-state index contributed by atoms with van der Waals surface area (Å²) < 4.78 is 0. The monoisotopic (exact) mass is 409 g/mol. The smallest absolute Gasteiger partial charge is 0.248 e. The van der Waals surface area contributed by atoms with Crippen LogP contribution in [0.15, 0.2) is 30.6 Å². The molecule has 0 atom stereocenters. The van der Waals surface area contributed by atoms with Gasteiger partial charge in [-0.1, -0.05) is 0 Å². The number of hydrogen-bond acceptors (Lipinski definition) is 6. The van der Waals surface area contributed by atoms with Crippen LogP contribution in [-0.4, -0.2) is 34.9 Å². The van der Waals surface area contributed by atoms with Crippen molar-refractivity contribution in [3.63, 3.8) is 0 Å². The van der Waals surface area contributed by atoms with Gasteiger partial charge in [0.05, 0.1) is 5.39 Å². The van der Waals surface area contributed by atoms with E-state index in [1.807, 2.05) is 0 Å². The van der Waals surface area contributed by atoms with Gasteiger partial charge >= 0.3 is 0 Å². The highest BCUT2D eigenvalue weighted by atomic mass is 32.1. The number of benzene rings is 1. The van der Waals surface area contributed by atoms with E-state index in [4.69, 9.17) is 5.73 Å². The van der Waals surface area contributed by atoms with E-state index in [-0.39, 0.29) is 11.8 Å². The van der Waals surface area contributed by atoms with Crippen molar-refractivity contribution < 1.29 is 9.59 Å². The molecule has 0 radical (unpaired) electrons. The van der Waals surface area contributed by atoms with E-state index in [0.717, 1.165) is 42.0 Å². The molecule has 3 aromatic rings. The summed E-state index contributed by atoms with van der Waals surface area (Å²) in [5.74, 6) is 0.444. The number of rotatable bonds is 4. The van der Waals surface area contributed by atoms with Crippen LogP contribution in [0.5, 0.6) is 0 Å². The zero-order valence-corrected chi connectivity index (χ0v) is 17.3. The summed E-state index contributed by atoms with van der Waals surface area (Å²) in [7, 11) is 0. The van der Waals surface area contributed by atoms with Crippen molar-refractivity contribution in [2.75, 3.05) is 23.3 Å². The summed E-state index contributed by atoms with van der Waals surface area (Å²) in [6.07, 6.45) is 3.15. The van der Waals surface area contributed by atoms with E-state index in [1.165, 1.54) is 10.4 Å². The SMILES string of the molecule is Cc1sc2ncnc(N3CCC(C(=O)Nc4ccc(C(N)=O)cc4)CC3)c2c1C. The number of aromatic nitrogens is 2. The molecule has 0 saturated carbocycles. The van der Waals surface area contributed by atoms with Crippen LogP contribution in [0.4, 0.5) is 11.5 Å². The Morgan fingerprint density at radius 2 is 1.83 bits per heavy atom. The molecular formula is C21H23N5O2S. The number of nitrogens with two attached hydrogens (primary N) is 1. The van der Waals surface area contributed by atoms with Gasteiger partial charge in [0.15, 0.2) is 0 Å². The summed E-state index contributed by atoms with van der Waals surface area (Å²) in [5, 5.41) is 4.07. The first-order valence-corrected chi connectivity index (χ1v) is 10.4. The van der Waals surface area contributed by atoms with Gasteiger partial charge in [0, 0.05) is 35.1 Å². The zero-order valence-electron chi connectivity index (χ0n) is 16.4. The topological polar surface area (TPSA) is 101 Å². The molecule has 150 valence electrons. The maximum Gasteiger partial charge on any atom is 0.248 e. The van der Waals surface area contributed by atoms with Gasteiger partial charge in [0.25, 0.3) is 0 Å². The Hall–Kier alpha value is -3.00. The molecule has 4 rings (SSSR count). The van der Waals surface area contributed by atoms with Gasteiger partial charge in [-0.3, -0.25) is 9.59 Å². The number of piperidine rings is 1. The number of carbonyl (C=O) groups is 2. The normalized spacial score (nSPS) is 14.9. The van der Waals surface area contributed by atoms with Crippen LogP contribution < -0.4 is 16.0 Å². The number of amides is 2. The second-order valence-corrected chi connectivity index (χ2v) is 8.56. The van der Waals surface area contributed by atoms with E-state index in [1.54, 1.807) is 41.9 Å². The van der Waals surface area contributed by atoms with Crippen molar-refractivity contribution >= 4 is 44.9 Å². The molecule has 8 heteroatoms. The number of nitrogens with one attached hydrogen (secondary N) is 1. The molecule has 0 unspecified atom stereocenters. The predicted molar refractivity (Wildman–Crippen MR) is 115 cm³/mol. The van der Waals surface area contributed by atoms with Crippen molar-refractivity contribution in [3.05, 3.63) is 46.6 Å². The Morgan fingerprint density at radius 1 is 1.14 bits per heavy atom. The van der Waals surface area contributed by atoms with E-state index >= 15 is 0 Å². The van der Waals surface area contributed by atoms with Gasteiger partial charge in [0.2, 0.25) is 11.8 Å². The quantitative estimate of drug-likeness (QED) is 0.689. The highest BCUT2D eigenvalue weighted by Crippen LogP contribution is 2.35. The molecule has 1 aromatic carbocycles. The Labute approximate surface area is 173 Å². The molecule has 2 aromatic heterocycles. The molecule has 29 heavy (non-hydrogen) atoms. The van der Waals surface area contributed by atoms with Crippen LogP contribution in [0.3, 0.4) is 0 Å². The molecule has 0 aliphatic carbocycles. The Morgan fingerprint density at radius 3 is 2.48 bits per heavy atom. The molecule has 1 aliphatic rings. The van der Waals surface area contributed by atoms with Gasteiger partial charge in [-0.05, 0) is 56.5 Å². The Kier molecular flexibility index (Phi) is 5.19. The molecule has 1 aliphatic heterocycles. The molecule has 0 spiro atoms. The highest BCUT2D eigenvalue weighted by molar-refractivity contribution is 7.18. The van der Waals surface area contributed by atoms with Crippen molar-refractivity contribution in [2.45, 2.75) is 26.7 Å². The lowest BCUT2D eigenvalue weighted by molar-refractivity contribution is -0.120. The maximum atomic E-state index is 12.7. The average molecular weight is 410 g/mol. The fourth-order valence-corrected chi connectivity index (χ4v) is 4.71. The third kappa shape index (κ3) is 3.80. The summed E-state index contributed by atoms with van der Waals surface area (Å²) in [5.41, 5.74) is 7.58. The maximum absolute atomic E-state index is 12.7. The lowest BCUT2D eigenvalue weighted by Crippen LogP contribution is -2.38. The Bertz CT molecular complexity index is 1070. The van der Waals surface area contributed by atoms with Crippen molar-refractivity contribution in [1.29, 1.82) is 0 Å². The summed E-state index contributed by atoms with van der Waals surface area (Å²) >= 11 is 1.70. The lowest BCUT2D eigenvalue weighted by Gasteiger charge is -2.32. The number of thiophene rings is 1. The first-order valence-electron chi connectivity index (χ1n) is 9.60. The van der Waals surface area contributed by atoms with Crippen molar-refractivity contribution in [3.8, 4) is 0 Å². The van der Waals surface area contributed by atoms with Crippen molar-refractivity contribution in [1.82, 2.24) is 9.97 Å². The van der Waals surface area contributed by atoms with Gasteiger partial charge in [-0.25, -0.2) is 9.97 Å². The molecule has 1 saturated heterocycles. The van der Waals surface area contributed by atoms with Gasteiger partial charge in [-0.15, -0.1) is 11.3 Å². The first-order chi connectivity index (χ1) is 13.9. The van der Waals surface area contributed by atoms with E-state index in [9.17, 15) is 9.59 Å². The minimum atomic E-state index is -0.481. The fraction of sp³-hybridized carbons (Fsp3) is 0.333. The number of nitrogens with zero attached hydrogens (tertiary/aromatic N) is 3. The molecule has 3 N–H and O–H groups in total. The van der Waals surface area contributed by atoms with Gasteiger partial charge in [-0.2, -0.15) is 0 Å². The molecule has 1 fully saturated rings. The zero-order chi connectivity index (χ0) is 20.5. The number of aryl methyl sites for hydroxylation is 2. The number of primary amides is 1. The predicted octanol–water partition coefficient (Wildman–Crippen LogP) is 3.26. The molecule has 3 heterocycles. The Balaban J connectivity index is 1.42. The number of fused-ring (bicyclic) bond motifs is 1. The fourth-order valence-electron chi connectivity index (χ4n) is 3.72. The third-order valence-electron chi connectivity index (χ3n) is 5.55. The lowest BCUT2D eigenvalue weighted by atomic mass is 9.95. The molecule has 0 bridgehead atoms. The second-order valence-electron chi connectivity index (χ2n) is 7.35. The summed E-state index contributed by atoms with van der Waals surface area (Å²) in [6, 6.07) is 6.64. The second kappa shape index (κ2) is 7.79. The third-order valence-corrected chi connectivity index (χ3v) is 6.66. The first kappa shape index (κ1) is 19.3. The highest BCUT2D eigenvalue weighted by Gasteiger charge is 2.27. The minimum Gasteiger partial charge on any atom is -0.366 e. The minimum absolute atomic E-state index is 0.00636. The van der Waals surface area contributed by atoms with Crippen LogP contribution in [0.2, 0.25) is 0 Å². The van der Waals surface area contributed by atoms with Crippen LogP contribution in [-0.2, 0) is 4.79 Å². The van der Waals surface area contributed by atoms with E-state index < -0.39 is 5.91 Å². The van der Waals surface area contributed by atoms with Gasteiger partial charge < -0.3 is 16.0 Å². The number of anilines is 2. The molecule has 2 amide bonds. The van der Waals surface area contributed by atoms with Crippen LogP contribution in [0.25, 0.3) is 10.2 Å². The van der Waals surface area contributed by atoms with Crippen LogP contribution in [0, 0.1) is 19.8 Å². The van der Waals surface area contributed by atoms with E-state index in [2.05, 4.69) is 34.0 Å². The average Bonchev–Trinajstić information content (AvgIpc) is 3.02. The van der Waals surface area contributed by atoms with E-state index in [0.29, 0.717) is 11.3 Å². The standard InChI is InChI=1S/C21H23N5O2S/c1-12-13(2)29-21-17(12)19(23-11-24-21)26-9-7-15(8-10-26)20(28)25-16-5-3-14(4-6-16)18(22)27/h3-6,11,15H,7-10H2,1-2H3,(H2,22,27)(H,25,28).